The molecule has 2 aliphatic heterocycles. The summed E-state index contributed by atoms with van der Waals surface area (Å²) >= 11 is 0. The first-order valence-electron chi connectivity index (χ1n) is 8.18. The van der Waals surface area contributed by atoms with Crippen molar-refractivity contribution in [2.45, 2.75) is 18.5 Å². The molecule has 0 bridgehead atoms. The van der Waals surface area contributed by atoms with E-state index in [4.69, 9.17) is 4.74 Å². The maximum atomic E-state index is 11.5. The highest BCUT2D eigenvalue weighted by molar-refractivity contribution is 5.76. The Bertz CT molecular complexity index is 525. The summed E-state index contributed by atoms with van der Waals surface area (Å²) in [5.74, 6) is 0.548. The summed E-state index contributed by atoms with van der Waals surface area (Å²) in [6, 6.07) is 0. The molecule has 3 rings (SSSR count). The van der Waals surface area contributed by atoms with E-state index in [2.05, 4.69) is 27.0 Å². The highest BCUT2D eigenvalue weighted by Gasteiger charge is 2.51. The van der Waals surface area contributed by atoms with Gasteiger partial charge in [-0.05, 0) is 19.4 Å². The number of carbonyl (C=O) groups excluding carboxylic acids is 1. The smallest absolute Gasteiger partial charge is 0.248 e. The Hall–Kier alpha value is -1.44. The Morgan fingerprint density at radius 3 is 2.96 bits per heavy atom. The second-order valence-electron chi connectivity index (χ2n) is 7.23. The van der Waals surface area contributed by atoms with Gasteiger partial charge in [0.25, 0.3) is 0 Å². The van der Waals surface area contributed by atoms with E-state index in [1.807, 2.05) is 12.4 Å². The lowest BCUT2D eigenvalue weighted by Gasteiger charge is -2.52. The van der Waals surface area contributed by atoms with Crippen LogP contribution in [-0.2, 0) is 16.1 Å². The number of likely N-dealkylation sites (N-methyl/N-ethyl adjacent to an activating group) is 2. The van der Waals surface area contributed by atoms with Gasteiger partial charge in [-0.25, -0.2) is 0 Å². The fraction of sp³-hybridized carbons (Fsp3) is 0.750. The first kappa shape index (κ1) is 16.4. The number of aromatic amines is 1. The van der Waals surface area contributed by atoms with Crippen molar-refractivity contribution in [3.63, 3.8) is 0 Å². The number of nitrogens with zero attached hydrogens (tertiary/aromatic N) is 4. The van der Waals surface area contributed by atoms with Gasteiger partial charge >= 0.3 is 0 Å². The molecule has 23 heavy (non-hydrogen) atoms. The number of hydrogen-bond donors (Lipinski definition) is 1. The molecule has 1 N–H and O–H groups in total. The van der Waals surface area contributed by atoms with Crippen LogP contribution in [0, 0.1) is 5.92 Å². The van der Waals surface area contributed by atoms with Crippen molar-refractivity contribution in [1.82, 2.24) is 24.9 Å². The third-order valence-corrected chi connectivity index (χ3v) is 5.09. The van der Waals surface area contributed by atoms with E-state index in [0.717, 1.165) is 32.6 Å². The molecular formula is C16H27N5O2. The van der Waals surface area contributed by atoms with Gasteiger partial charge in [0.2, 0.25) is 5.91 Å². The number of likely N-dealkylation sites (tertiary alicyclic amines) is 2. The van der Waals surface area contributed by atoms with Crippen LogP contribution in [0.1, 0.15) is 12.0 Å². The second kappa shape index (κ2) is 6.59. The molecule has 7 heteroatoms. The van der Waals surface area contributed by atoms with Gasteiger partial charge in [0.1, 0.15) is 6.61 Å². The summed E-state index contributed by atoms with van der Waals surface area (Å²) in [5.41, 5.74) is 1.53. The van der Waals surface area contributed by atoms with Gasteiger partial charge < -0.3 is 9.64 Å². The second-order valence-corrected chi connectivity index (χ2v) is 7.23. The molecular weight excluding hydrogens is 294 g/mol. The first-order chi connectivity index (χ1) is 11.0. The fourth-order valence-corrected chi connectivity index (χ4v) is 3.78. The van der Waals surface area contributed by atoms with Gasteiger partial charge in [-0.15, -0.1) is 0 Å². The van der Waals surface area contributed by atoms with Gasteiger partial charge in [-0.3, -0.25) is 19.7 Å². The third-order valence-electron chi connectivity index (χ3n) is 5.09. The number of hydrogen-bond acceptors (Lipinski definition) is 5. The lowest BCUT2D eigenvalue weighted by molar-refractivity contribution is -0.134. The highest BCUT2D eigenvalue weighted by Crippen LogP contribution is 2.39. The van der Waals surface area contributed by atoms with Crippen molar-refractivity contribution in [2.75, 3.05) is 54.0 Å². The summed E-state index contributed by atoms with van der Waals surface area (Å²) in [6.07, 6.45) is 5.01. The van der Waals surface area contributed by atoms with Crippen molar-refractivity contribution >= 4 is 5.91 Å². The number of nitrogens with one attached hydrogen (secondary N) is 1. The molecule has 128 valence electrons. The van der Waals surface area contributed by atoms with E-state index in [1.54, 1.807) is 19.0 Å². The minimum absolute atomic E-state index is 0.0287. The third kappa shape index (κ3) is 3.57. The van der Waals surface area contributed by atoms with Gasteiger partial charge in [0.15, 0.2) is 0 Å². The van der Waals surface area contributed by atoms with E-state index < -0.39 is 0 Å². The van der Waals surface area contributed by atoms with Crippen molar-refractivity contribution in [1.29, 1.82) is 0 Å². The molecule has 3 heterocycles. The SMILES string of the molecule is CN(C)C(=O)COC[C@H]1CN(C)C2(C1)CN(Cc1cn[nH]c1)C2. The van der Waals surface area contributed by atoms with Crippen LogP contribution in [0.15, 0.2) is 12.4 Å². The predicted molar refractivity (Wildman–Crippen MR) is 86.8 cm³/mol. The molecule has 0 unspecified atom stereocenters. The maximum Gasteiger partial charge on any atom is 0.248 e. The molecule has 2 aliphatic rings. The fourth-order valence-electron chi connectivity index (χ4n) is 3.78. The van der Waals surface area contributed by atoms with E-state index in [1.165, 1.54) is 5.56 Å². The van der Waals surface area contributed by atoms with Crippen molar-refractivity contribution in [3.05, 3.63) is 18.0 Å². The molecule has 0 aromatic carbocycles. The summed E-state index contributed by atoms with van der Waals surface area (Å²) in [5, 5.41) is 6.87. The zero-order valence-corrected chi connectivity index (χ0v) is 14.3. The maximum absolute atomic E-state index is 11.5. The molecule has 2 saturated heterocycles. The van der Waals surface area contributed by atoms with E-state index in [9.17, 15) is 4.79 Å². The predicted octanol–water partition coefficient (Wildman–Crippen LogP) is 0.0206. The average Bonchev–Trinajstić information content (AvgIpc) is 3.07. The zero-order chi connectivity index (χ0) is 16.4. The highest BCUT2D eigenvalue weighted by atomic mass is 16.5. The van der Waals surface area contributed by atoms with Crippen LogP contribution in [0.5, 0.6) is 0 Å². The molecule has 1 amide bonds. The van der Waals surface area contributed by atoms with Crippen LogP contribution in [0.4, 0.5) is 0 Å². The van der Waals surface area contributed by atoms with Crippen LogP contribution in [-0.4, -0.2) is 90.3 Å². The van der Waals surface area contributed by atoms with Crippen molar-refractivity contribution < 1.29 is 9.53 Å². The van der Waals surface area contributed by atoms with Crippen molar-refractivity contribution in [2.24, 2.45) is 5.92 Å². The summed E-state index contributed by atoms with van der Waals surface area (Å²) in [4.78, 5) is 18.0. The first-order valence-corrected chi connectivity index (χ1v) is 8.18. The Kier molecular flexibility index (Phi) is 4.70. The Labute approximate surface area is 137 Å². The standard InChI is InChI=1S/C16H27N5O2/c1-19(2)15(22)10-23-9-13-4-16(20(3)7-13)11-21(12-16)8-14-5-17-18-6-14/h5-6,13H,4,7-12H2,1-3H3,(H,17,18)/t13-/m1/s1. The van der Waals surface area contributed by atoms with Gasteiger partial charge in [0.05, 0.1) is 12.8 Å². The number of rotatable bonds is 6. The van der Waals surface area contributed by atoms with Crippen LogP contribution in [0.3, 0.4) is 0 Å². The molecule has 0 aliphatic carbocycles. The van der Waals surface area contributed by atoms with Gasteiger partial charge in [0, 0.05) is 57.6 Å². The number of amides is 1. The lowest BCUT2D eigenvalue weighted by atomic mass is 9.84. The number of carbonyl (C=O) groups is 1. The Morgan fingerprint density at radius 2 is 2.30 bits per heavy atom. The van der Waals surface area contributed by atoms with Crippen LogP contribution < -0.4 is 0 Å². The Balaban J connectivity index is 1.42. The molecule has 1 aromatic heterocycles. The van der Waals surface area contributed by atoms with E-state index in [-0.39, 0.29) is 12.5 Å². The summed E-state index contributed by atoms with van der Waals surface area (Å²) in [7, 11) is 5.72. The molecule has 1 aromatic rings. The molecule has 1 atom stereocenters. The minimum atomic E-state index is 0.0287. The largest absolute Gasteiger partial charge is 0.371 e. The quantitative estimate of drug-likeness (QED) is 0.800. The molecule has 2 fully saturated rings. The van der Waals surface area contributed by atoms with E-state index >= 15 is 0 Å². The monoisotopic (exact) mass is 321 g/mol. The molecule has 1 spiro atoms. The zero-order valence-electron chi connectivity index (χ0n) is 14.3. The lowest BCUT2D eigenvalue weighted by Crippen LogP contribution is -2.66. The van der Waals surface area contributed by atoms with E-state index in [0.29, 0.717) is 18.1 Å². The van der Waals surface area contributed by atoms with Crippen LogP contribution >= 0.6 is 0 Å². The minimum Gasteiger partial charge on any atom is -0.371 e. The van der Waals surface area contributed by atoms with Crippen LogP contribution in [0.25, 0.3) is 0 Å². The summed E-state index contributed by atoms with van der Waals surface area (Å²) < 4.78 is 5.62. The van der Waals surface area contributed by atoms with Gasteiger partial charge in [-0.2, -0.15) is 5.10 Å². The molecule has 0 radical (unpaired) electrons. The van der Waals surface area contributed by atoms with Crippen molar-refractivity contribution in [3.8, 4) is 0 Å². The topological polar surface area (TPSA) is 64.7 Å². The number of aromatic nitrogens is 2. The normalized spacial score (nSPS) is 24.0. The van der Waals surface area contributed by atoms with Crippen LogP contribution in [0.2, 0.25) is 0 Å². The summed E-state index contributed by atoms with van der Waals surface area (Å²) in [6.45, 7) is 5.07. The average molecular weight is 321 g/mol. The Morgan fingerprint density at radius 1 is 1.52 bits per heavy atom. The molecule has 0 saturated carbocycles. The number of ether oxygens (including phenoxy) is 1. The number of H-pyrrole nitrogens is 1. The van der Waals surface area contributed by atoms with Gasteiger partial charge in [-0.1, -0.05) is 0 Å². The molecule has 7 nitrogen and oxygen atoms in total.